The molecule has 4 aromatic rings. The van der Waals surface area contributed by atoms with E-state index in [0.717, 1.165) is 28.6 Å². The molecule has 8 nitrogen and oxygen atoms in total. The molecule has 0 radical (unpaired) electrons. The Morgan fingerprint density at radius 2 is 1.70 bits per heavy atom. The van der Waals surface area contributed by atoms with Gasteiger partial charge in [0.25, 0.3) is 11.8 Å². The van der Waals surface area contributed by atoms with E-state index in [1.807, 2.05) is 71.2 Å². The largest absolute Gasteiger partial charge is 0.457 e. The quantitative estimate of drug-likeness (QED) is 0.319. The highest BCUT2D eigenvalue weighted by molar-refractivity contribution is 9.10. The van der Waals surface area contributed by atoms with Crippen LogP contribution in [0.5, 0.6) is 11.5 Å². The number of amides is 2. The lowest BCUT2D eigenvalue weighted by Gasteiger charge is -2.32. The molecule has 2 aromatic heterocycles. The Balaban J connectivity index is 1.14. The Morgan fingerprint density at radius 3 is 2.41 bits per heavy atom. The number of nitrogens with one attached hydrogen (secondary N) is 1. The van der Waals surface area contributed by atoms with Gasteiger partial charge in [-0.05, 0) is 83.7 Å². The number of likely N-dealkylation sites (tertiary alicyclic amines) is 1. The summed E-state index contributed by atoms with van der Waals surface area (Å²) in [7, 11) is 0. The molecule has 9 heteroatoms. The third-order valence-corrected chi connectivity index (χ3v) is 6.76. The summed E-state index contributed by atoms with van der Waals surface area (Å²) in [6, 6.07) is 18.8. The number of carbonyl (C=O) groups excluding carboxylic acids is 2. The van der Waals surface area contributed by atoms with E-state index in [4.69, 9.17) is 4.74 Å². The fraction of sp³-hybridized carbons (Fsp3) is 0.214. The number of para-hydroxylation sites is 1. The average Bonchev–Trinajstić information content (AvgIpc) is 3.38. The SMILES string of the molecule is Cc1cc(Br)cnc1C(=O)Nc1cnn(C2CCN(C(=O)c3ccc(Oc4ccccc4)cc3)CC2)c1. The summed E-state index contributed by atoms with van der Waals surface area (Å²) in [6.45, 7) is 3.11. The summed E-state index contributed by atoms with van der Waals surface area (Å²) in [5.74, 6) is 1.18. The van der Waals surface area contributed by atoms with Crippen molar-refractivity contribution < 1.29 is 14.3 Å². The van der Waals surface area contributed by atoms with Crippen molar-refractivity contribution in [1.82, 2.24) is 19.7 Å². The summed E-state index contributed by atoms with van der Waals surface area (Å²) < 4.78 is 8.51. The number of ether oxygens (including phenoxy) is 1. The first-order valence-corrected chi connectivity index (χ1v) is 12.9. The fourth-order valence-corrected chi connectivity index (χ4v) is 4.82. The molecule has 0 atom stereocenters. The average molecular weight is 560 g/mol. The number of hydrogen-bond donors (Lipinski definition) is 1. The number of nitrogens with zero attached hydrogens (tertiary/aromatic N) is 4. The van der Waals surface area contributed by atoms with E-state index in [1.165, 1.54) is 0 Å². The summed E-state index contributed by atoms with van der Waals surface area (Å²) in [5.41, 5.74) is 2.42. The van der Waals surface area contributed by atoms with Gasteiger partial charge in [-0.15, -0.1) is 0 Å². The second-order valence-electron chi connectivity index (χ2n) is 8.95. The van der Waals surface area contributed by atoms with Crippen molar-refractivity contribution in [2.45, 2.75) is 25.8 Å². The number of benzene rings is 2. The van der Waals surface area contributed by atoms with Crippen molar-refractivity contribution in [3.05, 3.63) is 101 Å². The van der Waals surface area contributed by atoms with Crippen LogP contribution < -0.4 is 10.1 Å². The van der Waals surface area contributed by atoms with Crippen LogP contribution in [0.15, 0.2) is 83.7 Å². The first kappa shape index (κ1) is 24.7. The third kappa shape index (κ3) is 5.89. The number of anilines is 1. The maximum Gasteiger partial charge on any atom is 0.274 e. The molecule has 3 heterocycles. The summed E-state index contributed by atoms with van der Waals surface area (Å²) in [6.07, 6.45) is 6.64. The van der Waals surface area contributed by atoms with Crippen molar-refractivity contribution in [3.63, 3.8) is 0 Å². The van der Waals surface area contributed by atoms with E-state index in [1.54, 1.807) is 24.5 Å². The molecule has 1 fully saturated rings. The molecule has 1 saturated heterocycles. The molecular formula is C28H26BrN5O3. The van der Waals surface area contributed by atoms with Crippen molar-refractivity contribution in [1.29, 1.82) is 0 Å². The number of piperidine rings is 1. The van der Waals surface area contributed by atoms with Crippen molar-refractivity contribution >= 4 is 33.4 Å². The number of halogens is 1. The molecule has 0 spiro atoms. The van der Waals surface area contributed by atoms with E-state index in [9.17, 15) is 9.59 Å². The van der Waals surface area contributed by atoms with Crippen LogP contribution in [0.2, 0.25) is 0 Å². The molecule has 188 valence electrons. The highest BCUT2D eigenvalue weighted by atomic mass is 79.9. The van der Waals surface area contributed by atoms with E-state index < -0.39 is 0 Å². The van der Waals surface area contributed by atoms with Gasteiger partial charge in [-0.25, -0.2) is 4.98 Å². The molecule has 1 aliphatic heterocycles. The second-order valence-corrected chi connectivity index (χ2v) is 9.86. The minimum absolute atomic E-state index is 0.00972. The second kappa shape index (κ2) is 11.0. The first-order valence-electron chi connectivity index (χ1n) is 12.1. The molecule has 2 aromatic carbocycles. The number of hydrogen-bond acceptors (Lipinski definition) is 5. The Labute approximate surface area is 223 Å². The molecule has 37 heavy (non-hydrogen) atoms. The predicted molar refractivity (Wildman–Crippen MR) is 144 cm³/mol. The monoisotopic (exact) mass is 559 g/mol. The highest BCUT2D eigenvalue weighted by Crippen LogP contribution is 2.26. The van der Waals surface area contributed by atoms with Crippen LogP contribution in [-0.4, -0.2) is 44.6 Å². The number of carbonyl (C=O) groups is 2. The topological polar surface area (TPSA) is 89.4 Å². The number of aromatic nitrogens is 3. The number of rotatable bonds is 6. The van der Waals surface area contributed by atoms with E-state index >= 15 is 0 Å². The van der Waals surface area contributed by atoms with Gasteiger partial charge in [0, 0.05) is 35.5 Å². The van der Waals surface area contributed by atoms with Gasteiger partial charge < -0.3 is 15.0 Å². The molecule has 2 amide bonds. The molecule has 0 aliphatic carbocycles. The molecule has 0 saturated carbocycles. The maximum absolute atomic E-state index is 13.0. The molecule has 0 unspecified atom stereocenters. The number of aryl methyl sites for hydroxylation is 1. The zero-order valence-corrected chi connectivity index (χ0v) is 21.9. The van der Waals surface area contributed by atoms with Crippen molar-refractivity contribution in [2.75, 3.05) is 18.4 Å². The van der Waals surface area contributed by atoms with Gasteiger partial charge >= 0.3 is 0 Å². The van der Waals surface area contributed by atoms with Crippen LogP contribution in [0.25, 0.3) is 0 Å². The van der Waals surface area contributed by atoms with E-state index in [2.05, 4.69) is 31.3 Å². The standard InChI is InChI=1S/C28H26BrN5O3/c1-19-15-21(29)16-30-26(19)27(35)32-22-17-31-34(18-22)23-11-13-33(14-12-23)28(36)20-7-9-25(10-8-20)37-24-5-3-2-4-6-24/h2-10,15-18,23H,11-14H2,1H3,(H,32,35). The Hall–Kier alpha value is -3.98. The third-order valence-electron chi connectivity index (χ3n) is 6.33. The van der Waals surface area contributed by atoms with Gasteiger partial charge in [-0.2, -0.15) is 5.10 Å². The van der Waals surface area contributed by atoms with Crippen LogP contribution >= 0.6 is 15.9 Å². The van der Waals surface area contributed by atoms with Gasteiger partial charge in [-0.1, -0.05) is 18.2 Å². The van der Waals surface area contributed by atoms with Gasteiger partial charge in [0.1, 0.15) is 17.2 Å². The number of pyridine rings is 1. The Morgan fingerprint density at radius 1 is 1.00 bits per heavy atom. The lowest BCUT2D eigenvalue weighted by Crippen LogP contribution is -2.39. The maximum atomic E-state index is 13.0. The summed E-state index contributed by atoms with van der Waals surface area (Å²) in [4.78, 5) is 31.7. The smallest absolute Gasteiger partial charge is 0.274 e. The molecule has 0 bridgehead atoms. The van der Waals surface area contributed by atoms with Crippen LogP contribution in [-0.2, 0) is 0 Å². The molecular weight excluding hydrogens is 534 g/mol. The van der Waals surface area contributed by atoms with Gasteiger partial charge in [-0.3, -0.25) is 14.3 Å². The lowest BCUT2D eigenvalue weighted by atomic mass is 10.0. The van der Waals surface area contributed by atoms with E-state index in [-0.39, 0.29) is 17.9 Å². The summed E-state index contributed by atoms with van der Waals surface area (Å²) >= 11 is 3.36. The highest BCUT2D eigenvalue weighted by Gasteiger charge is 2.25. The predicted octanol–water partition coefficient (Wildman–Crippen LogP) is 5.87. The summed E-state index contributed by atoms with van der Waals surface area (Å²) in [5, 5.41) is 7.32. The zero-order valence-electron chi connectivity index (χ0n) is 20.3. The van der Waals surface area contributed by atoms with Crippen molar-refractivity contribution in [2.24, 2.45) is 0 Å². The fourth-order valence-electron chi connectivity index (χ4n) is 4.38. The van der Waals surface area contributed by atoms with Gasteiger partial charge in [0.05, 0.1) is 17.9 Å². The van der Waals surface area contributed by atoms with E-state index in [0.29, 0.717) is 35.8 Å². The minimum Gasteiger partial charge on any atom is -0.457 e. The normalized spacial score (nSPS) is 13.8. The molecule has 5 rings (SSSR count). The minimum atomic E-state index is -0.273. The molecule has 1 aliphatic rings. The Kier molecular flexibility index (Phi) is 7.32. The van der Waals surface area contributed by atoms with Crippen LogP contribution in [0.3, 0.4) is 0 Å². The van der Waals surface area contributed by atoms with Gasteiger partial charge in [0.15, 0.2) is 0 Å². The zero-order chi connectivity index (χ0) is 25.8. The van der Waals surface area contributed by atoms with Gasteiger partial charge in [0.2, 0.25) is 0 Å². The first-order chi connectivity index (χ1) is 18.0. The van der Waals surface area contributed by atoms with Crippen molar-refractivity contribution in [3.8, 4) is 11.5 Å². The molecule has 1 N–H and O–H groups in total. The van der Waals surface area contributed by atoms with Crippen LogP contribution in [0.1, 0.15) is 45.3 Å². The van der Waals surface area contributed by atoms with Crippen LogP contribution in [0.4, 0.5) is 5.69 Å². The lowest BCUT2D eigenvalue weighted by molar-refractivity contribution is 0.0689. The van der Waals surface area contributed by atoms with Crippen LogP contribution in [0, 0.1) is 6.92 Å². The Bertz CT molecular complexity index is 1400.